The standard InChI is InChI=1S/C7H16N2O2/c1-6(2)7(4-11-8)3-9-5-10/h5-7H,3-4,8H2,1-2H3,(H,9,10). The van der Waals surface area contributed by atoms with Gasteiger partial charge in [-0.05, 0) is 5.92 Å². The molecule has 0 aliphatic carbocycles. The molecule has 1 unspecified atom stereocenters. The highest BCUT2D eigenvalue weighted by Gasteiger charge is 2.12. The average Bonchev–Trinajstić information content (AvgIpc) is 1.97. The smallest absolute Gasteiger partial charge is 0.207 e. The predicted molar refractivity (Wildman–Crippen MR) is 42.5 cm³/mol. The van der Waals surface area contributed by atoms with Crippen molar-refractivity contribution in [1.29, 1.82) is 0 Å². The van der Waals surface area contributed by atoms with E-state index in [1.54, 1.807) is 0 Å². The molecule has 0 heterocycles. The molecule has 0 aromatic carbocycles. The second-order valence-electron chi connectivity index (χ2n) is 2.86. The maximum Gasteiger partial charge on any atom is 0.207 e. The number of hydrogen-bond acceptors (Lipinski definition) is 3. The first kappa shape index (κ1) is 10.4. The lowest BCUT2D eigenvalue weighted by atomic mass is 9.97. The van der Waals surface area contributed by atoms with Crippen LogP contribution in [0.5, 0.6) is 0 Å². The van der Waals surface area contributed by atoms with E-state index in [2.05, 4.69) is 24.0 Å². The van der Waals surface area contributed by atoms with Crippen molar-refractivity contribution in [3.8, 4) is 0 Å². The van der Waals surface area contributed by atoms with Crippen molar-refractivity contribution in [2.45, 2.75) is 13.8 Å². The summed E-state index contributed by atoms with van der Waals surface area (Å²) in [7, 11) is 0. The molecule has 0 aliphatic heterocycles. The van der Waals surface area contributed by atoms with E-state index in [1.807, 2.05) is 0 Å². The van der Waals surface area contributed by atoms with Crippen LogP contribution in [0.4, 0.5) is 0 Å². The van der Waals surface area contributed by atoms with Crippen LogP contribution in [0.2, 0.25) is 0 Å². The number of carbonyl (C=O) groups excluding carboxylic acids is 1. The second kappa shape index (κ2) is 6.12. The van der Waals surface area contributed by atoms with Gasteiger partial charge in [0.1, 0.15) is 0 Å². The van der Waals surface area contributed by atoms with Gasteiger partial charge in [-0.25, -0.2) is 5.90 Å². The molecule has 66 valence electrons. The Bertz CT molecular complexity index is 107. The van der Waals surface area contributed by atoms with Crippen LogP contribution in [0.1, 0.15) is 13.8 Å². The van der Waals surface area contributed by atoms with Crippen LogP contribution in [-0.2, 0) is 9.63 Å². The van der Waals surface area contributed by atoms with E-state index in [9.17, 15) is 4.79 Å². The van der Waals surface area contributed by atoms with Gasteiger partial charge in [-0.15, -0.1) is 0 Å². The molecule has 0 spiro atoms. The molecule has 0 saturated heterocycles. The van der Waals surface area contributed by atoms with Gasteiger partial charge < -0.3 is 10.2 Å². The zero-order valence-corrected chi connectivity index (χ0v) is 7.04. The molecule has 0 aromatic heterocycles. The lowest BCUT2D eigenvalue weighted by Crippen LogP contribution is -2.29. The summed E-state index contributed by atoms with van der Waals surface area (Å²) in [4.78, 5) is 14.5. The van der Waals surface area contributed by atoms with Crippen molar-refractivity contribution in [2.24, 2.45) is 17.7 Å². The highest BCUT2D eigenvalue weighted by atomic mass is 16.6. The van der Waals surface area contributed by atoms with Gasteiger partial charge in [-0.2, -0.15) is 0 Å². The van der Waals surface area contributed by atoms with Crippen LogP contribution in [0.15, 0.2) is 0 Å². The van der Waals surface area contributed by atoms with Gasteiger partial charge >= 0.3 is 0 Å². The minimum atomic E-state index is 0.296. The van der Waals surface area contributed by atoms with Crippen LogP contribution in [0, 0.1) is 11.8 Å². The third-order valence-corrected chi connectivity index (χ3v) is 1.72. The average molecular weight is 160 g/mol. The van der Waals surface area contributed by atoms with Gasteiger partial charge in [-0.1, -0.05) is 13.8 Å². The lowest BCUT2D eigenvalue weighted by Gasteiger charge is -2.18. The van der Waals surface area contributed by atoms with Crippen LogP contribution in [0.3, 0.4) is 0 Å². The summed E-state index contributed by atoms with van der Waals surface area (Å²) in [5.41, 5.74) is 0. The van der Waals surface area contributed by atoms with Gasteiger partial charge in [0.05, 0.1) is 6.61 Å². The monoisotopic (exact) mass is 160 g/mol. The van der Waals surface area contributed by atoms with Gasteiger partial charge in [0, 0.05) is 12.5 Å². The number of carbonyl (C=O) groups is 1. The quantitative estimate of drug-likeness (QED) is 0.421. The first-order valence-electron chi connectivity index (χ1n) is 3.71. The number of nitrogens with two attached hydrogens (primary N) is 1. The van der Waals surface area contributed by atoms with E-state index in [0.717, 1.165) is 0 Å². The van der Waals surface area contributed by atoms with Crippen molar-refractivity contribution in [2.75, 3.05) is 13.2 Å². The minimum absolute atomic E-state index is 0.296. The molecule has 4 heteroatoms. The van der Waals surface area contributed by atoms with Gasteiger partial charge in [-0.3, -0.25) is 4.79 Å². The molecule has 0 bridgehead atoms. The summed E-state index contributed by atoms with van der Waals surface area (Å²) in [6.45, 7) is 5.24. The Morgan fingerprint density at radius 1 is 1.64 bits per heavy atom. The van der Waals surface area contributed by atoms with Crippen LogP contribution < -0.4 is 11.2 Å². The van der Waals surface area contributed by atoms with Crippen molar-refractivity contribution < 1.29 is 9.63 Å². The third-order valence-electron chi connectivity index (χ3n) is 1.72. The Morgan fingerprint density at radius 2 is 2.27 bits per heavy atom. The Labute approximate surface area is 67.0 Å². The Morgan fingerprint density at radius 3 is 2.64 bits per heavy atom. The van der Waals surface area contributed by atoms with Crippen molar-refractivity contribution in [3.63, 3.8) is 0 Å². The van der Waals surface area contributed by atoms with E-state index in [4.69, 9.17) is 5.90 Å². The van der Waals surface area contributed by atoms with Crippen LogP contribution >= 0.6 is 0 Å². The van der Waals surface area contributed by atoms with Crippen molar-refractivity contribution in [1.82, 2.24) is 5.32 Å². The van der Waals surface area contributed by atoms with Crippen molar-refractivity contribution in [3.05, 3.63) is 0 Å². The van der Waals surface area contributed by atoms with E-state index < -0.39 is 0 Å². The fourth-order valence-electron chi connectivity index (χ4n) is 0.810. The van der Waals surface area contributed by atoms with Gasteiger partial charge in [0.15, 0.2) is 0 Å². The largest absolute Gasteiger partial charge is 0.358 e. The maximum absolute atomic E-state index is 9.95. The SMILES string of the molecule is CC(C)C(CNC=O)CON. The van der Waals surface area contributed by atoms with E-state index in [1.165, 1.54) is 0 Å². The molecule has 0 aliphatic rings. The zero-order chi connectivity index (χ0) is 8.69. The summed E-state index contributed by atoms with van der Waals surface area (Å²) in [6.07, 6.45) is 0.686. The number of nitrogens with one attached hydrogen (secondary N) is 1. The number of amides is 1. The van der Waals surface area contributed by atoms with Crippen LogP contribution in [0.25, 0.3) is 0 Å². The Balaban J connectivity index is 3.59. The first-order valence-corrected chi connectivity index (χ1v) is 3.71. The molecular formula is C7H16N2O2. The zero-order valence-electron chi connectivity index (χ0n) is 7.04. The Kier molecular flexibility index (Phi) is 5.78. The summed E-state index contributed by atoms with van der Waals surface area (Å²) >= 11 is 0. The molecule has 11 heavy (non-hydrogen) atoms. The summed E-state index contributed by atoms with van der Waals surface area (Å²) < 4.78 is 0. The second-order valence-corrected chi connectivity index (χ2v) is 2.86. The molecule has 4 nitrogen and oxygen atoms in total. The number of rotatable bonds is 6. The van der Waals surface area contributed by atoms with Crippen molar-refractivity contribution >= 4 is 6.41 Å². The maximum atomic E-state index is 9.95. The summed E-state index contributed by atoms with van der Waals surface area (Å²) in [5.74, 6) is 5.68. The molecule has 1 atom stereocenters. The first-order chi connectivity index (χ1) is 5.22. The predicted octanol–water partition coefficient (Wildman–Crippen LogP) is -0.105. The summed E-state index contributed by atoms with van der Waals surface area (Å²) in [6, 6.07) is 0. The topological polar surface area (TPSA) is 64.3 Å². The number of hydrogen-bond donors (Lipinski definition) is 2. The van der Waals surface area contributed by atoms with E-state index in [-0.39, 0.29) is 0 Å². The molecular weight excluding hydrogens is 144 g/mol. The van der Waals surface area contributed by atoms with Crippen LogP contribution in [-0.4, -0.2) is 19.6 Å². The molecule has 0 saturated carbocycles. The summed E-state index contributed by atoms with van der Waals surface area (Å²) in [5, 5.41) is 2.60. The fraction of sp³-hybridized carbons (Fsp3) is 0.857. The minimum Gasteiger partial charge on any atom is -0.358 e. The highest BCUT2D eigenvalue weighted by molar-refractivity contribution is 5.45. The van der Waals surface area contributed by atoms with Gasteiger partial charge in [0.2, 0.25) is 6.41 Å². The highest BCUT2D eigenvalue weighted by Crippen LogP contribution is 2.08. The molecule has 0 fully saturated rings. The molecule has 1 amide bonds. The normalized spacial score (nSPS) is 13.1. The van der Waals surface area contributed by atoms with E-state index >= 15 is 0 Å². The molecule has 0 rings (SSSR count). The lowest BCUT2D eigenvalue weighted by molar-refractivity contribution is -0.109. The molecule has 0 radical (unpaired) electrons. The Hall–Kier alpha value is -0.610. The third kappa shape index (κ3) is 4.75. The molecule has 0 aromatic rings. The fourth-order valence-corrected chi connectivity index (χ4v) is 0.810. The molecule has 3 N–H and O–H groups in total. The van der Waals surface area contributed by atoms with Gasteiger partial charge in [0.25, 0.3) is 0 Å². The van der Waals surface area contributed by atoms with E-state index in [0.29, 0.717) is 31.4 Å².